The maximum Gasteiger partial charge on any atom is 0.285 e. The van der Waals surface area contributed by atoms with Gasteiger partial charge in [0.1, 0.15) is 0 Å². The van der Waals surface area contributed by atoms with Crippen LogP contribution in [0.3, 0.4) is 0 Å². The number of carbonyl (C=O) groups is 2. The number of hydrogen-bond donors (Lipinski definition) is 1. The summed E-state index contributed by atoms with van der Waals surface area (Å²) >= 11 is 12.6. The molecule has 190 valence electrons. The van der Waals surface area contributed by atoms with E-state index >= 15 is 0 Å². The summed E-state index contributed by atoms with van der Waals surface area (Å²) in [5.74, 6) is -0.632. The highest BCUT2D eigenvalue weighted by Gasteiger charge is 2.34. The Labute approximate surface area is 229 Å². The van der Waals surface area contributed by atoms with E-state index < -0.39 is 0 Å². The van der Waals surface area contributed by atoms with Crippen LogP contribution in [-0.4, -0.2) is 68.7 Å². The molecule has 0 spiro atoms. The van der Waals surface area contributed by atoms with Crippen LogP contribution < -0.4 is 5.43 Å². The van der Waals surface area contributed by atoms with Crippen molar-refractivity contribution in [1.29, 1.82) is 0 Å². The zero-order chi connectivity index (χ0) is 25.8. The quantitative estimate of drug-likeness (QED) is 0.348. The van der Waals surface area contributed by atoms with Crippen LogP contribution >= 0.6 is 35.6 Å². The van der Waals surface area contributed by atoms with Crippen LogP contribution in [0.5, 0.6) is 0 Å². The molecule has 0 aliphatic carbocycles. The molecule has 0 saturated carbocycles. The molecule has 2 aliphatic heterocycles. The number of para-hydroxylation sites is 1. The van der Waals surface area contributed by atoms with Gasteiger partial charge in [-0.25, -0.2) is 4.68 Å². The summed E-state index contributed by atoms with van der Waals surface area (Å²) in [6.45, 7) is 3.52. The molecular weight excluding hydrogens is 530 g/mol. The predicted octanol–water partition coefficient (Wildman–Crippen LogP) is 4.15. The number of morpholine rings is 1. The van der Waals surface area contributed by atoms with Crippen molar-refractivity contribution < 1.29 is 14.3 Å². The second kappa shape index (κ2) is 11.6. The van der Waals surface area contributed by atoms with Gasteiger partial charge in [0.15, 0.2) is 4.32 Å². The minimum Gasteiger partial charge on any atom is -0.379 e. The van der Waals surface area contributed by atoms with E-state index in [0.29, 0.717) is 35.4 Å². The number of amides is 2. The second-order valence-corrected chi connectivity index (χ2v) is 10.6. The molecule has 3 heterocycles. The standard InChI is InChI=1S/C26H24ClN5O3S2/c27-20-8-6-18(7-9-20)24-19(17-31(29-24)21-4-2-1-3-5-21)16-22-25(34)32(26(36)37-22)28-23(33)10-11-30-12-14-35-15-13-30/h1-9,16-17H,10-15H2,(H,28,33)/b22-16+. The molecule has 0 radical (unpaired) electrons. The molecule has 2 amide bonds. The Morgan fingerprint density at radius 2 is 1.86 bits per heavy atom. The summed E-state index contributed by atoms with van der Waals surface area (Å²) in [5, 5.41) is 6.55. The SMILES string of the molecule is O=C(CCN1CCOCC1)NN1C(=O)/C(=C\c2cn(-c3ccccc3)nc2-c2ccc(Cl)cc2)SC1=S. The highest BCUT2D eigenvalue weighted by Crippen LogP contribution is 2.34. The number of halogens is 1. The molecule has 37 heavy (non-hydrogen) atoms. The summed E-state index contributed by atoms with van der Waals surface area (Å²) in [5.41, 5.74) is 5.85. The van der Waals surface area contributed by atoms with Crippen molar-refractivity contribution in [1.82, 2.24) is 25.1 Å². The summed E-state index contributed by atoms with van der Waals surface area (Å²) in [4.78, 5) is 28.3. The van der Waals surface area contributed by atoms with E-state index in [1.54, 1.807) is 22.9 Å². The molecule has 0 bridgehead atoms. The number of hydrogen-bond acceptors (Lipinski definition) is 7. The maximum absolute atomic E-state index is 13.2. The molecule has 3 aromatic rings. The number of ether oxygens (including phenoxy) is 1. The Bertz CT molecular complexity index is 1340. The number of thioether (sulfide) groups is 1. The third-order valence-corrected chi connectivity index (χ3v) is 7.51. The molecule has 0 unspecified atom stereocenters. The third-order valence-electron chi connectivity index (χ3n) is 5.96. The first kappa shape index (κ1) is 25.6. The van der Waals surface area contributed by atoms with E-state index in [1.165, 1.54) is 0 Å². The number of aromatic nitrogens is 2. The van der Waals surface area contributed by atoms with Gasteiger partial charge >= 0.3 is 0 Å². The lowest BCUT2D eigenvalue weighted by Crippen LogP contribution is -2.46. The van der Waals surface area contributed by atoms with Gasteiger partial charge < -0.3 is 4.74 Å². The summed E-state index contributed by atoms with van der Waals surface area (Å²) in [7, 11) is 0. The number of rotatable bonds is 7. The highest BCUT2D eigenvalue weighted by molar-refractivity contribution is 8.26. The van der Waals surface area contributed by atoms with Crippen molar-refractivity contribution in [3.8, 4) is 16.9 Å². The van der Waals surface area contributed by atoms with E-state index in [4.69, 9.17) is 33.7 Å². The van der Waals surface area contributed by atoms with Crippen LogP contribution in [-0.2, 0) is 14.3 Å². The summed E-state index contributed by atoms with van der Waals surface area (Å²) < 4.78 is 7.38. The van der Waals surface area contributed by atoms with Gasteiger partial charge in [-0.15, -0.1) is 0 Å². The van der Waals surface area contributed by atoms with Gasteiger partial charge in [-0.05, 0) is 42.6 Å². The zero-order valence-corrected chi connectivity index (χ0v) is 22.2. The molecule has 5 rings (SSSR count). The van der Waals surface area contributed by atoms with Gasteiger partial charge in [-0.3, -0.25) is 19.9 Å². The smallest absolute Gasteiger partial charge is 0.285 e. The Morgan fingerprint density at radius 1 is 1.14 bits per heavy atom. The van der Waals surface area contributed by atoms with Crippen molar-refractivity contribution in [2.24, 2.45) is 0 Å². The van der Waals surface area contributed by atoms with Crippen LogP contribution in [0.2, 0.25) is 5.02 Å². The molecule has 1 aromatic heterocycles. The average molecular weight is 554 g/mol. The topological polar surface area (TPSA) is 79.7 Å². The normalized spacial score (nSPS) is 17.5. The molecule has 1 N–H and O–H groups in total. The minimum atomic E-state index is -0.371. The fourth-order valence-corrected chi connectivity index (χ4v) is 5.30. The fraction of sp³-hybridized carbons (Fsp3) is 0.231. The molecule has 2 aromatic carbocycles. The van der Waals surface area contributed by atoms with Gasteiger partial charge in [0.2, 0.25) is 5.91 Å². The van der Waals surface area contributed by atoms with E-state index in [2.05, 4.69) is 10.3 Å². The average Bonchev–Trinajstić information content (AvgIpc) is 3.45. The molecule has 2 aliphatic rings. The lowest BCUT2D eigenvalue weighted by molar-refractivity contribution is -0.133. The maximum atomic E-state index is 13.2. The minimum absolute atomic E-state index is 0.261. The van der Waals surface area contributed by atoms with Crippen LogP contribution in [0.15, 0.2) is 65.7 Å². The van der Waals surface area contributed by atoms with E-state index in [-0.39, 0.29) is 22.6 Å². The number of nitrogens with one attached hydrogen (secondary N) is 1. The first-order valence-corrected chi connectivity index (χ1v) is 13.4. The number of carbonyl (C=O) groups excluding carboxylic acids is 2. The Hall–Kier alpha value is -3.02. The summed E-state index contributed by atoms with van der Waals surface area (Å²) in [6.07, 6.45) is 3.89. The Kier molecular flexibility index (Phi) is 8.02. The third kappa shape index (κ3) is 6.11. The number of hydrazine groups is 1. The fourth-order valence-electron chi connectivity index (χ4n) is 4.01. The first-order chi connectivity index (χ1) is 18.0. The number of thiocarbonyl (C=S) groups is 1. The molecule has 11 heteroatoms. The Morgan fingerprint density at radius 3 is 2.59 bits per heavy atom. The van der Waals surface area contributed by atoms with Crippen LogP contribution in [0.25, 0.3) is 23.0 Å². The van der Waals surface area contributed by atoms with Gasteiger partial charge in [0.05, 0.1) is 29.5 Å². The van der Waals surface area contributed by atoms with Crippen molar-refractivity contribution in [3.05, 3.63) is 76.3 Å². The van der Waals surface area contributed by atoms with Gasteiger partial charge in [0, 0.05) is 48.4 Å². The first-order valence-electron chi connectivity index (χ1n) is 11.8. The predicted molar refractivity (Wildman–Crippen MR) is 149 cm³/mol. The molecule has 2 fully saturated rings. The van der Waals surface area contributed by atoms with Crippen LogP contribution in [0, 0.1) is 0 Å². The van der Waals surface area contributed by atoms with Crippen molar-refractivity contribution in [2.45, 2.75) is 6.42 Å². The second-order valence-electron chi connectivity index (χ2n) is 8.48. The van der Waals surface area contributed by atoms with E-state index in [1.807, 2.05) is 48.7 Å². The highest BCUT2D eigenvalue weighted by atomic mass is 35.5. The largest absolute Gasteiger partial charge is 0.379 e. The van der Waals surface area contributed by atoms with Crippen LogP contribution in [0.1, 0.15) is 12.0 Å². The van der Waals surface area contributed by atoms with Gasteiger partial charge in [0.25, 0.3) is 5.91 Å². The monoisotopic (exact) mass is 553 g/mol. The molecule has 2 saturated heterocycles. The van der Waals surface area contributed by atoms with Gasteiger partial charge in [-0.2, -0.15) is 10.1 Å². The molecule has 8 nitrogen and oxygen atoms in total. The van der Waals surface area contributed by atoms with Crippen molar-refractivity contribution in [3.63, 3.8) is 0 Å². The molecule has 0 atom stereocenters. The lowest BCUT2D eigenvalue weighted by Gasteiger charge is -2.26. The van der Waals surface area contributed by atoms with Crippen LogP contribution in [0.4, 0.5) is 0 Å². The Balaban J connectivity index is 1.36. The summed E-state index contributed by atoms with van der Waals surface area (Å²) in [6, 6.07) is 17.1. The molecular formula is C26H24ClN5O3S2. The van der Waals surface area contributed by atoms with E-state index in [0.717, 1.165) is 46.7 Å². The lowest BCUT2D eigenvalue weighted by atomic mass is 10.1. The zero-order valence-electron chi connectivity index (χ0n) is 19.8. The number of benzene rings is 2. The van der Waals surface area contributed by atoms with Crippen molar-refractivity contribution in [2.75, 3.05) is 32.8 Å². The van der Waals surface area contributed by atoms with Crippen molar-refractivity contribution >= 4 is 57.8 Å². The number of nitrogens with zero attached hydrogens (tertiary/aromatic N) is 4. The van der Waals surface area contributed by atoms with E-state index in [9.17, 15) is 9.59 Å². The van der Waals surface area contributed by atoms with Gasteiger partial charge in [-0.1, -0.05) is 53.7 Å².